The third-order valence-electron chi connectivity index (χ3n) is 5.94. The Morgan fingerprint density at radius 1 is 1.07 bits per heavy atom. The number of aromatic carboxylic acids is 1. The fraction of sp³-hybridized carbons (Fsp3) is 0.280. The lowest BCUT2D eigenvalue weighted by Gasteiger charge is -2.34. The molecule has 0 aliphatic heterocycles. The minimum absolute atomic E-state index is 0.0443. The summed E-state index contributed by atoms with van der Waals surface area (Å²) in [5, 5.41) is 20.4. The number of phenols is 1. The first-order chi connectivity index (χ1) is 13.8. The molecule has 1 saturated carbocycles. The SMILES string of the molecule is Cc1cc(C)c2ccc(C=Cc3cc(C(=O)O)ccc3O)nc2c1C1CC(C)C1. The van der Waals surface area contributed by atoms with Crippen molar-refractivity contribution in [2.45, 2.75) is 39.5 Å². The molecule has 0 saturated heterocycles. The Morgan fingerprint density at radius 3 is 2.52 bits per heavy atom. The van der Waals surface area contributed by atoms with Gasteiger partial charge < -0.3 is 10.2 Å². The van der Waals surface area contributed by atoms with Crippen molar-refractivity contribution in [1.82, 2.24) is 4.98 Å². The van der Waals surface area contributed by atoms with E-state index in [0.29, 0.717) is 11.5 Å². The topological polar surface area (TPSA) is 70.4 Å². The minimum atomic E-state index is -1.02. The smallest absolute Gasteiger partial charge is 0.335 e. The fourth-order valence-corrected chi connectivity index (χ4v) is 4.41. The lowest BCUT2D eigenvalue weighted by molar-refractivity contribution is 0.0697. The molecule has 1 fully saturated rings. The number of aryl methyl sites for hydroxylation is 2. The summed E-state index contributed by atoms with van der Waals surface area (Å²) in [7, 11) is 0. The van der Waals surface area contributed by atoms with Crippen molar-refractivity contribution in [2.24, 2.45) is 5.92 Å². The Bertz CT molecular complexity index is 1140. The summed E-state index contributed by atoms with van der Waals surface area (Å²) in [5.74, 6) is 0.358. The van der Waals surface area contributed by atoms with E-state index < -0.39 is 5.97 Å². The Morgan fingerprint density at radius 2 is 1.83 bits per heavy atom. The van der Waals surface area contributed by atoms with E-state index in [2.05, 4.69) is 32.9 Å². The van der Waals surface area contributed by atoms with Gasteiger partial charge in [0.2, 0.25) is 0 Å². The first-order valence-corrected chi connectivity index (χ1v) is 9.98. The maximum atomic E-state index is 11.2. The molecule has 4 rings (SSSR count). The van der Waals surface area contributed by atoms with Gasteiger partial charge in [-0.3, -0.25) is 0 Å². The molecule has 4 heteroatoms. The van der Waals surface area contributed by atoms with Gasteiger partial charge in [0.1, 0.15) is 5.75 Å². The van der Waals surface area contributed by atoms with Crippen LogP contribution in [0.2, 0.25) is 0 Å². The highest BCUT2D eigenvalue weighted by Gasteiger charge is 2.30. The van der Waals surface area contributed by atoms with E-state index in [-0.39, 0.29) is 11.3 Å². The summed E-state index contributed by atoms with van der Waals surface area (Å²) in [4.78, 5) is 16.1. The first kappa shape index (κ1) is 19.2. The molecule has 4 nitrogen and oxygen atoms in total. The zero-order chi connectivity index (χ0) is 20.7. The first-order valence-electron chi connectivity index (χ1n) is 9.98. The number of aromatic nitrogens is 1. The number of aromatic hydroxyl groups is 1. The fourth-order valence-electron chi connectivity index (χ4n) is 4.41. The van der Waals surface area contributed by atoms with Crippen LogP contribution >= 0.6 is 0 Å². The third kappa shape index (κ3) is 3.63. The molecule has 148 valence electrons. The molecule has 1 aromatic heterocycles. The second-order valence-electron chi connectivity index (χ2n) is 8.24. The zero-order valence-corrected chi connectivity index (χ0v) is 16.9. The summed E-state index contributed by atoms with van der Waals surface area (Å²) in [6.45, 7) is 6.58. The maximum absolute atomic E-state index is 11.2. The predicted molar refractivity (Wildman–Crippen MR) is 116 cm³/mol. The van der Waals surface area contributed by atoms with Crippen LogP contribution in [0.1, 0.15) is 64.0 Å². The van der Waals surface area contributed by atoms with E-state index in [1.54, 1.807) is 6.08 Å². The highest BCUT2D eigenvalue weighted by molar-refractivity contribution is 5.90. The Labute approximate surface area is 170 Å². The van der Waals surface area contributed by atoms with Crippen molar-refractivity contribution in [3.05, 3.63) is 69.9 Å². The van der Waals surface area contributed by atoms with Crippen molar-refractivity contribution in [3.8, 4) is 5.75 Å². The van der Waals surface area contributed by atoms with Gasteiger partial charge in [0.15, 0.2) is 0 Å². The number of hydrogen-bond donors (Lipinski definition) is 2. The average Bonchev–Trinajstić information content (AvgIpc) is 2.65. The predicted octanol–water partition coefficient (Wildman–Crippen LogP) is 5.94. The molecular weight excluding hydrogens is 362 g/mol. The molecule has 1 aliphatic carbocycles. The Balaban J connectivity index is 1.76. The second kappa shape index (κ2) is 7.36. The number of nitrogens with zero attached hydrogens (tertiary/aromatic N) is 1. The van der Waals surface area contributed by atoms with Crippen LogP contribution in [0.15, 0.2) is 36.4 Å². The molecular formula is C25H25NO3. The highest BCUT2D eigenvalue weighted by Crippen LogP contribution is 2.45. The average molecular weight is 387 g/mol. The van der Waals surface area contributed by atoms with Gasteiger partial charge >= 0.3 is 5.97 Å². The molecule has 0 bridgehead atoms. The molecule has 2 N–H and O–H groups in total. The van der Waals surface area contributed by atoms with Crippen molar-refractivity contribution in [3.63, 3.8) is 0 Å². The number of pyridine rings is 1. The van der Waals surface area contributed by atoms with Crippen molar-refractivity contribution in [2.75, 3.05) is 0 Å². The number of carboxylic acids is 1. The standard InChI is InChI=1S/C25H25NO3/c1-14-10-19(11-14)23-16(3)12-15(2)21-8-7-20(26-24(21)23)6-4-17-13-18(25(28)29)5-9-22(17)27/h4-9,12-14,19,27H,10-11H2,1-3H3,(H,28,29). The molecule has 1 aliphatic rings. The van der Waals surface area contributed by atoms with Gasteiger partial charge in [-0.05, 0) is 91.6 Å². The van der Waals surface area contributed by atoms with E-state index in [0.717, 1.165) is 17.1 Å². The van der Waals surface area contributed by atoms with Gasteiger partial charge in [0, 0.05) is 10.9 Å². The minimum Gasteiger partial charge on any atom is -0.507 e. The molecule has 0 radical (unpaired) electrons. The van der Waals surface area contributed by atoms with Crippen molar-refractivity contribution in [1.29, 1.82) is 0 Å². The van der Waals surface area contributed by atoms with E-state index >= 15 is 0 Å². The van der Waals surface area contributed by atoms with Gasteiger partial charge in [0.05, 0.1) is 16.8 Å². The number of fused-ring (bicyclic) bond motifs is 1. The quantitative estimate of drug-likeness (QED) is 0.581. The molecule has 0 spiro atoms. The van der Waals surface area contributed by atoms with Gasteiger partial charge in [-0.15, -0.1) is 0 Å². The summed E-state index contributed by atoms with van der Waals surface area (Å²) >= 11 is 0. The molecule has 1 heterocycles. The van der Waals surface area contributed by atoms with Gasteiger partial charge in [-0.1, -0.05) is 19.1 Å². The van der Waals surface area contributed by atoms with Crippen LogP contribution in [0.25, 0.3) is 23.1 Å². The maximum Gasteiger partial charge on any atom is 0.335 e. The second-order valence-corrected chi connectivity index (χ2v) is 8.24. The van der Waals surface area contributed by atoms with Gasteiger partial charge in [-0.2, -0.15) is 0 Å². The van der Waals surface area contributed by atoms with Crippen LogP contribution in [-0.2, 0) is 0 Å². The number of benzene rings is 2. The van der Waals surface area contributed by atoms with Gasteiger partial charge in [0.25, 0.3) is 0 Å². The summed E-state index contributed by atoms with van der Waals surface area (Å²) in [6.07, 6.45) is 5.95. The van der Waals surface area contributed by atoms with Crippen molar-refractivity contribution < 1.29 is 15.0 Å². The summed E-state index contributed by atoms with van der Waals surface area (Å²) in [5.41, 5.74) is 6.33. The van der Waals surface area contributed by atoms with Gasteiger partial charge in [-0.25, -0.2) is 9.78 Å². The highest BCUT2D eigenvalue weighted by atomic mass is 16.4. The van der Waals surface area contributed by atoms with Crippen LogP contribution < -0.4 is 0 Å². The largest absolute Gasteiger partial charge is 0.507 e. The number of carboxylic acid groups (broad SMARTS) is 1. The molecule has 0 amide bonds. The number of hydrogen-bond acceptors (Lipinski definition) is 3. The zero-order valence-electron chi connectivity index (χ0n) is 16.9. The van der Waals surface area contributed by atoms with E-state index in [1.807, 2.05) is 12.1 Å². The molecule has 0 atom stereocenters. The normalized spacial score (nSPS) is 18.9. The lowest BCUT2D eigenvalue weighted by atomic mass is 9.70. The van der Waals surface area contributed by atoms with Crippen LogP contribution in [0.4, 0.5) is 0 Å². The van der Waals surface area contributed by atoms with Crippen LogP contribution in [0.5, 0.6) is 5.75 Å². The van der Waals surface area contributed by atoms with E-state index in [4.69, 9.17) is 10.1 Å². The molecule has 3 aromatic rings. The van der Waals surface area contributed by atoms with Crippen LogP contribution in [0, 0.1) is 19.8 Å². The molecule has 29 heavy (non-hydrogen) atoms. The molecule has 2 aromatic carbocycles. The Kier molecular flexibility index (Phi) is 4.87. The monoisotopic (exact) mass is 387 g/mol. The van der Waals surface area contributed by atoms with Crippen LogP contribution in [0.3, 0.4) is 0 Å². The van der Waals surface area contributed by atoms with E-state index in [1.165, 1.54) is 53.1 Å². The third-order valence-corrected chi connectivity index (χ3v) is 5.94. The number of carbonyl (C=O) groups is 1. The Hall–Kier alpha value is -3.14. The summed E-state index contributed by atoms with van der Waals surface area (Å²) in [6, 6.07) is 10.6. The number of rotatable bonds is 4. The lowest BCUT2D eigenvalue weighted by Crippen LogP contribution is -2.20. The molecule has 0 unspecified atom stereocenters. The van der Waals surface area contributed by atoms with Crippen LogP contribution in [-0.4, -0.2) is 21.2 Å². The summed E-state index contributed by atoms with van der Waals surface area (Å²) < 4.78 is 0. The number of phenolic OH excluding ortho intramolecular Hbond substituents is 1. The van der Waals surface area contributed by atoms with E-state index in [9.17, 15) is 9.90 Å². The van der Waals surface area contributed by atoms with Crippen molar-refractivity contribution >= 4 is 29.0 Å².